The monoisotopic (exact) mass is 345 g/mol. The fourth-order valence-electron chi connectivity index (χ4n) is 2.81. The molecule has 1 fully saturated rings. The third-order valence-corrected chi connectivity index (χ3v) is 4.18. The summed E-state index contributed by atoms with van der Waals surface area (Å²) in [5, 5.41) is 12.8. The molecule has 1 aliphatic heterocycles. The topological polar surface area (TPSA) is 106 Å². The predicted octanol–water partition coefficient (Wildman–Crippen LogP) is 1.89. The number of aryl methyl sites for hydroxylation is 1. The van der Waals surface area contributed by atoms with Gasteiger partial charge in [0.2, 0.25) is 11.7 Å². The highest BCUT2D eigenvalue weighted by atomic mass is 16.5. The minimum atomic E-state index is -0.800. The van der Waals surface area contributed by atoms with Crippen LogP contribution in [0.2, 0.25) is 0 Å². The van der Waals surface area contributed by atoms with Crippen LogP contribution < -0.4 is 4.74 Å². The Morgan fingerprint density at radius 1 is 1.32 bits per heavy atom. The third kappa shape index (κ3) is 3.96. The molecule has 2 aromatic rings. The molecular formula is C17H19N3O5. The summed E-state index contributed by atoms with van der Waals surface area (Å²) >= 11 is 0. The van der Waals surface area contributed by atoms with Crippen LogP contribution in [0.5, 0.6) is 5.75 Å². The standard InChI is InChI=1S/C17H19N3O5/c1-11-18-15(19-25-11)10-24-14-5-3-2-4-13(14)16(21)20-8-6-12(7-9-20)17(22)23/h2-5,12H,6-10H2,1H3,(H,22,23). The van der Waals surface area contributed by atoms with Gasteiger partial charge in [-0.25, -0.2) is 0 Å². The zero-order valence-corrected chi connectivity index (χ0v) is 13.8. The number of aromatic nitrogens is 2. The zero-order valence-electron chi connectivity index (χ0n) is 13.8. The van der Waals surface area contributed by atoms with E-state index in [-0.39, 0.29) is 18.4 Å². The second kappa shape index (κ2) is 7.33. The van der Waals surface area contributed by atoms with Gasteiger partial charge >= 0.3 is 5.97 Å². The molecule has 1 N–H and O–H groups in total. The quantitative estimate of drug-likeness (QED) is 0.882. The highest BCUT2D eigenvalue weighted by Crippen LogP contribution is 2.24. The van der Waals surface area contributed by atoms with Crippen molar-refractivity contribution in [3.63, 3.8) is 0 Å². The van der Waals surface area contributed by atoms with Crippen LogP contribution in [0.4, 0.5) is 0 Å². The summed E-state index contributed by atoms with van der Waals surface area (Å²) in [6, 6.07) is 6.96. The number of carboxylic acids is 1. The number of likely N-dealkylation sites (tertiary alicyclic amines) is 1. The molecule has 0 atom stereocenters. The summed E-state index contributed by atoms with van der Waals surface area (Å²) in [7, 11) is 0. The average molecular weight is 345 g/mol. The number of benzene rings is 1. The SMILES string of the molecule is Cc1nc(COc2ccccc2C(=O)N2CCC(C(=O)O)CC2)no1. The maximum absolute atomic E-state index is 12.8. The van der Waals surface area contributed by atoms with Gasteiger partial charge in [-0.2, -0.15) is 4.98 Å². The molecule has 0 radical (unpaired) electrons. The van der Waals surface area contributed by atoms with Gasteiger partial charge in [0, 0.05) is 20.0 Å². The van der Waals surface area contributed by atoms with Crippen molar-refractivity contribution in [2.75, 3.05) is 13.1 Å². The molecule has 1 amide bonds. The number of amides is 1. The number of piperidine rings is 1. The summed E-state index contributed by atoms with van der Waals surface area (Å²) in [4.78, 5) is 29.5. The Kier molecular flexibility index (Phi) is 4.97. The molecular weight excluding hydrogens is 326 g/mol. The maximum atomic E-state index is 12.8. The van der Waals surface area contributed by atoms with Crippen molar-refractivity contribution in [1.29, 1.82) is 0 Å². The lowest BCUT2D eigenvalue weighted by Crippen LogP contribution is -2.40. The van der Waals surface area contributed by atoms with Crippen molar-refractivity contribution in [3.8, 4) is 5.75 Å². The Labute approximate surface area is 144 Å². The van der Waals surface area contributed by atoms with E-state index in [0.717, 1.165) is 0 Å². The summed E-state index contributed by atoms with van der Waals surface area (Å²) in [6.45, 7) is 2.64. The van der Waals surface area contributed by atoms with Crippen LogP contribution in [0.3, 0.4) is 0 Å². The summed E-state index contributed by atoms with van der Waals surface area (Å²) in [5.41, 5.74) is 0.441. The largest absolute Gasteiger partial charge is 0.485 e. The lowest BCUT2D eigenvalue weighted by atomic mass is 9.96. The van der Waals surface area contributed by atoms with Crippen LogP contribution >= 0.6 is 0 Å². The fraction of sp³-hybridized carbons (Fsp3) is 0.412. The van der Waals surface area contributed by atoms with Crippen LogP contribution in [-0.2, 0) is 11.4 Å². The molecule has 0 saturated carbocycles. The molecule has 1 aromatic carbocycles. The van der Waals surface area contributed by atoms with E-state index in [0.29, 0.717) is 49.0 Å². The average Bonchev–Trinajstić information content (AvgIpc) is 3.05. The van der Waals surface area contributed by atoms with Gasteiger partial charge in [-0.3, -0.25) is 9.59 Å². The first kappa shape index (κ1) is 16.9. The summed E-state index contributed by atoms with van der Waals surface area (Å²) in [5.74, 6) is -0.0476. The molecule has 1 saturated heterocycles. The van der Waals surface area contributed by atoms with Gasteiger partial charge < -0.3 is 19.3 Å². The second-order valence-electron chi connectivity index (χ2n) is 5.92. The van der Waals surface area contributed by atoms with Crippen LogP contribution in [0.1, 0.15) is 34.9 Å². The molecule has 8 heteroatoms. The van der Waals surface area contributed by atoms with Gasteiger partial charge in [0.25, 0.3) is 5.91 Å². The molecule has 0 bridgehead atoms. The van der Waals surface area contributed by atoms with Crippen molar-refractivity contribution in [1.82, 2.24) is 15.0 Å². The molecule has 2 heterocycles. The fourth-order valence-corrected chi connectivity index (χ4v) is 2.81. The Morgan fingerprint density at radius 3 is 2.68 bits per heavy atom. The second-order valence-corrected chi connectivity index (χ2v) is 5.92. The first-order valence-corrected chi connectivity index (χ1v) is 8.07. The van der Waals surface area contributed by atoms with Gasteiger partial charge in [0.1, 0.15) is 5.75 Å². The number of para-hydroxylation sites is 1. The summed E-state index contributed by atoms with van der Waals surface area (Å²) in [6.07, 6.45) is 0.929. The Morgan fingerprint density at radius 2 is 2.04 bits per heavy atom. The van der Waals surface area contributed by atoms with E-state index in [1.807, 2.05) is 0 Å². The highest BCUT2D eigenvalue weighted by Gasteiger charge is 2.28. The Hall–Kier alpha value is -2.90. The third-order valence-electron chi connectivity index (χ3n) is 4.18. The molecule has 0 unspecified atom stereocenters. The Bertz CT molecular complexity index is 765. The molecule has 25 heavy (non-hydrogen) atoms. The number of carbonyl (C=O) groups is 2. The van der Waals surface area contributed by atoms with E-state index in [9.17, 15) is 9.59 Å². The molecule has 3 rings (SSSR count). The maximum Gasteiger partial charge on any atom is 0.306 e. The normalized spacial score (nSPS) is 15.2. The first-order valence-electron chi connectivity index (χ1n) is 8.07. The van der Waals surface area contributed by atoms with Crippen molar-refractivity contribution < 1.29 is 24.0 Å². The number of hydrogen-bond donors (Lipinski definition) is 1. The molecule has 0 spiro atoms. The minimum absolute atomic E-state index is 0.0999. The molecule has 132 valence electrons. The molecule has 8 nitrogen and oxygen atoms in total. The van der Waals surface area contributed by atoms with Gasteiger partial charge in [0.15, 0.2) is 6.61 Å². The van der Waals surface area contributed by atoms with E-state index < -0.39 is 5.97 Å². The van der Waals surface area contributed by atoms with Crippen LogP contribution in [0.25, 0.3) is 0 Å². The minimum Gasteiger partial charge on any atom is -0.485 e. The van der Waals surface area contributed by atoms with Crippen LogP contribution in [-0.4, -0.2) is 45.1 Å². The smallest absolute Gasteiger partial charge is 0.306 e. The van der Waals surface area contributed by atoms with Crippen LogP contribution in [0.15, 0.2) is 28.8 Å². The lowest BCUT2D eigenvalue weighted by molar-refractivity contribution is -0.143. The van der Waals surface area contributed by atoms with Crippen molar-refractivity contribution >= 4 is 11.9 Å². The number of carboxylic acid groups (broad SMARTS) is 1. The van der Waals surface area contributed by atoms with Crippen molar-refractivity contribution in [2.45, 2.75) is 26.4 Å². The number of aliphatic carboxylic acids is 1. The van der Waals surface area contributed by atoms with E-state index in [1.165, 1.54) is 0 Å². The molecule has 0 aliphatic carbocycles. The lowest BCUT2D eigenvalue weighted by Gasteiger charge is -2.30. The van der Waals surface area contributed by atoms with E-state index in [4.69, 9.17) is 14.4 Å². The summed E-state index contributed by atoms with van der Waals surface area (Å²) < 4.78 is 10.6. The van der Waals surface area contributed by atoms with Crippen LogP contribution in [0, 0.1) is 12.8 Å². The first-order chi connectivity index (χ1) is 12.0. The van der Waals surface area contributed by atoms with Gasteiger partial charge in [-0.05, 0) is 25.0 Å². The number of rotatable bonds is 5. The predicted molar refractivity (Wildman–Crippen MR) is 86.1 cm³/mol. The Balaban J connectivity index is 1.67. The number of hydrogen-bond acceptors (Lipinski definition) is 6. The van der Waals surface area contributed by atoms with E-state index in [2.05, 4.69) is 10.1 Å². The number of carbonyl (C=O) groups excluding carboxylic acids is 1. The zero-order chi connectivity index (χ0) is 17.8. The van der Waals surface area contributed by atoms with E-state index >= 15 is 0 Å². The highest BCUT2D eigenvalue weighted by molar-refractivity contribution is 5.97. The van der Waals surface area contributed by atoms with Gasteiger partial charge in [0.05, 0.1) is 11.5 Å². The number of nitrogens with zero attached hydrogens (tertiary/aromatic N) is 3. The molecule has 1 aromatic heterocycles. The van der Waals surface area contributed by atoms with Gasteiger partial charge in [-0.1, -0.05) is 17.3 Å². The molecule has 1 aliphatic rings. The van der Waals surface area contributed by atoms with E-state index in [1.54, 1.807) is 36.1 Å². The van der Waals surface area contributed by atoms with Crippen molar-refractivity contribution in [2.24, 2.45) is 5.92 Å². The number of ether oxygens (including phenoxy) is 1. The van der Waals surface area contributed by atoms with Gasteiger partial charge in [-0.15, -0.1) is 0 Å². The van der Waals surface area contributed by atoms with Crippen molar-refractivity contribution in [3.05, 3.63) is 41.5 Å².